The van der Waals surface area contributed by atoms with Crippen LogP contribution < -0.4 is 5.32 Å². The summed E-state index contributed by atoms with van der Waals surface area (Å²) in [6, 6.07) is 19.9. The summed E-state index contributed by atoms with van der Waals surface area (Å²) in [5.41, 5.74) is 6.30. The van der Waals surface area contributed by atoms with E-state index in [-0.39, 0.29) is 5.91 Å². The van der Waals surface area contributed by atoms with Crippen molar-refractivity contribution >= 4 is 44.3 Å². The van der Waals surface area contributed by atoms with Crippen molar-refractivity contribution in [2.45, 2.75) is 6.92 Å². The number of H-pyrrole nitrogens is 2. The number of nitrogens with one attached hydrogen (secondary N) is 3. The molecule has 0 aliphatic heterocycles. The van der Waals surface area contributed by atoms with Crippen LogP contribution in [0.1, 0.15) is 6.92 Å². The Labute approximate surface area is 182 Å². The highest BCUT2D eigenvalue weighted by atomic mass is 16.1. The molecular formula is C25H18N6O. The number of amides is 1. The molecule has 7 nitrogen and oxygen atoms in total. The molecule has 0 unspecified atom stereocenters. The van der Waals surface area contributed by atoms with Crippen LogP contribution in [0.2, 0.25) is 0 Å². The van der Waals surface area contributed by atoms with Crippen LogP contribution in [0.25, 0.3) is 55.4 Å². The van der Waals surface area contributed by atoms with Crippen molar-refractivity contribution in [1.82, 2.24) is 25.1 Å². The van der Waals surface area contributed by atoms with Gasteiger partial charge in [0.1, 0.15) is 5.69 Å². The van der Waals surface area contributed by atoms with Crippen LogP contribution in [-0.2, 0) is 4.79 Å². The average Bonchev–Trinajstić information content (AvgIpc) is 3.42. The van der Waals surface area contributed by atoms with Crippen molar-refractivity contribution in [1.29, 1.82) is 0 Å². The summed E-state index contributed by atoms with van der Waals surface area (Å²) in [6.45, 7) is 1.50. The molecular weight excluding hydrogens is 400 g/mol. The van der Waals surface area contributed by atoms with Gasteiger partial charge in [0, 0.05) is 35.7 Å². The summed E-state index contributed by atoms with van der Waals surface area (Å²) in [5.74, 6) is 0.608. The van der Waals surface area contributed by atoms with Gasteiger partial charge in [0.2, 0.25) is 5.91 Å². The zero-order chi connectivity index (χ0) is 21.7. The summed E-state index contributed by atoms with van der Waals surface area (Å²) in [7, 11) is 0. The molecule has 1 amide bonds. The van der Waals surface area contributed by atoms with Gasteiger partial charge in [0.25, 0.3) is 0 Å². The molecule has 0 atom stereocenters. The number of benzene rings is 3. The first kappa shape index (κ1) is 18.3. The Morgan fingerprint density at radius 3 is 2.69 bits per heavy atom. The number of pyridine rings is 1. The topological polar surface area (TPSA) is 99.4 Å². The van der Waals surface area contributed by atoms with E-state index in [2.05, 4.69) is 31.5 Å². The molecule has 3 aromatic heterocycles. The first-order valence-electron chi connectivity index (χ1n) is 10.3. The Kier molecular flexibility index (Phi) is 4.01. The van der Waals surface area contributed by atoms with E-state index >= 15 is 0 Å². The van der Waals surface area contributed by atoms with Gasteiger partial charge in [0.05, 0.1) is 22.2 Å². The Bertz CT molecular complexity index is 1610. The van der Waals surface area contributed by atoms with E-state index in [0.717, 1.165) is 61.0 Å². The predicted molar refractivity (Wildman–Crippen MR) is 126 cm³/mol. The number of carbonyl (C=O) groups excluding carboxylic acids is 1. The number of nitrogens with zero attached hydrogens (tertiary/aromatic N) is 3. The van der Waals surface area contributed by atoms with E-state index in [0.29, 0.717) is 0 Å². The van der Waals surface area contributed by atoms with Crippen LogP contribution in [0.15, 0.2) is 73.1 Å². The van der Waals surface area contributed by atoms with Crippen molar-refractivity contribution in [3.63, 3.8) is 0 Å². The first-order valence-corrected chi connectivity index (χ1v) is 10.3. The largest absolute Gasteiger partial charge is 0.337 e. The van der Waals surface area contributed by atoms with Gasteiger partial charge in [-0.2, -0.15) is 5.10 Å². The number of hydrogen-bond acceptors (Lipinski definition) is 4. The van der Waals surface area contributed by atoms with E-state index in [1.807, 2.05) is 60.8 Å². The second-order valence-electron chi connectivity index (χ2n) is 7.70. The maximum Gasteiger partial charge on any atom is 0.221 e. The molecule has 0 fully saturated rings. The first-order chi connectivity index (χ1) is 15.7. The second kappa shape index (κ2) is 7.02. The van der Waals surface area contributed by atoms with Gasteiger partial charge in [-0.15, -0.1) is 0 Å². The minimum Gasteiger partial charge on any atom is -0.337 e. The maximum absolute atomic E-state index is 11.6. The lowest BCUT2D eigenvalue weighted by Gasteiger charge is -2.11. The summed E-state index contributed by atoms with van der Waals surface area (Å²) < 4.78 is 0. The van der Waals surface area contributed by atoms with Crippen LogP contribution in [0, 0.1) is 0 Å². The zero-order valence-electron chi connectivity index (χ0n) is 17.2. The van der Waals surface area contributed by atoms with Gasteiger partial charge < -0.3 is 10.3 Å². The standard InChI is InChI=1S/C25H18N6O/c1-14(32)27-20-8-4-5-16-18(12-26-13-19(16)20)15-9-10-21-17(11-15)24(31-30-21)25-28-22-6-2-3-7-23(22)29-25/h2-13H,1H3,(H,27,32)(H,28,29)(H,30,31). The van der Waals surface area contributed by atoms with Crippen LogP contribution in [0.5, 0.6) is 0 Å². The van der Waals surface area contributed by atoms with Gasteiger partial charge in [-0.1, -0.05) is 30.3 Å². The van der Waals surface area contributed by atoms with E-state index in [9.17, 15) is 4.79 Å². The normalized spacial score (nSPS) is 11.4. The zero-order valence-corrected chi connectivity index (χ0v) is 17.2. The summed E-state index contributed by atoms with van der Waals surface area (Å²) in [4.78, 5) is 24.1. The molecule has 3 aromatic carbocycles. The molecule has 6 aromatic rings. The average molecular weight is 418 g/mol. The fourth-order valence-corrected chi connectivity index (χ4v) is 4.15. The molecule has 7 heteroatoms. The molecule has 0 aliphatic carbocycles. The summed E-state index contributed by atoms with van der Waals surface area (Å²) >= 11 is 0. The van der Waals surface area contributed by atoms with Gasteiger partial charge in [0.15, 0.2) is 5.82 Å². The van der Waals surface area contributed by atoms with Crippen molar-refractivity contribution < 1.29 is 4.79 Å². The number of carbonyl (C=O) groups is 1. The smallest absolute Gasteiger partial charge is 0.221 e. The van der Waals surface area contributed by atoms with Crippen LogP contribution in [0.3, 0.4) is 0 Å². The van der Waals surface area contributed by atoms with E-state index in [4.69, 9.17) is 4.98 Å². The minimum absolute atomic E-state index is 0.113. The second-order valence-corrected chi connectivity index (χ2v) is 7.70. The fraction of sp³-hybridized carbons (Fsp3) is 0.0400. The number of rotatable bonds is 3. The molecule has 0 radical (unpaired) electrons. The molecule has 3 N–H and O–H groups in total. The summed E-state index contributed by atoms with van der Waals surface area (Å²) in [6.07, 6.45) is 3.63. The third kappa shape index (κ3) is 2.91. The van der Waals surface area contributed by atoms with E-state index < -0.39 is 0 Å². The van der Waals surface area contributed by atoms with Crippen LogP contribution >= 0.6 is 0 Å². The molecule has 0 saturated carbocycles. The number of anilines is 1. The maximum atomic E-state index is 11.6. The number of hydrogen-bond donors (Lipinski definition) is 3. The Morgan fingerprint density at radius 1 is 0.906 bits per heavy atom. The van der Waals surface area contributed by atoms with E-state index in [1.54, 1.807) is 6.20 Å². The lowest BCUT2D eigenvalue weighted by molar-refractivity contribution is -0.114. The third-order valence-corrected chi connectivity index (χ3v) is 5.60. The van der Waals surface area contributed by atoms with Gasteiger partial charge in [-0.3, -0.25) is 14.9 Å². The molecule has 3 heterocycles. The Morgan fingerprint density at radius 2 is 1.81 bits per heavy atom. The monoisotopic (exact) mass is 418 g/mol. The van der Waals surface area contributed by atoms with Crippen molar-refractivity contribution in [2.75, 3.05) is 5.32 Å². The number of fused-ring (bicyclic) bond motifs is 3. The highest BCUT2D eigenvalue weighted by molar-refractivity contribution is 6.07. The molecule has 6 rings (SSSR count). The predicted octanol–water partition coefficient (Wildman–Crippen LogP) is 5.28. The van der Waals surface area contributed by atoms with Crippen LogP contribution in [0.4, 0.5) is 5.69 Å². The molecule has 0 aliphatic rings. The van der Waals surface area contributed by atoms with Gasteiger partial charge in [-0.25, -0.2) is 4.98 Å². The molecule has 0 bridgehead atoms. The highest BCUT2D eigenvalue weighted by Crippen LogP contribution is 2.35. The fourth-order valence-electron chi connectivity index (χ4n) is 4.15. The molecule has 0 spiro atoms. The SMILES string of the molecule is CC(=O)Nc1cccc2c(-c3ccc4[nH]nc(-c5nc6ccccc6[nH]5)c4c3)cncc12. The Hall–Kier alpha value is -4.52. The van der Waals surface area contributed by atoms with E-state index in [1.165, 1.54) is 6.92 Å². The number of para-hydroxylation sites is 2. The van der Waals surface area contributed by atoms with Crippen molar-refractivity contribution in [2.24, 2.45) is 0 Å². The molecule has 0 saturated heterocycles. The molecule has 32 heavy (non-hydrogen) atoms. The van der Waals surface area contributed by atoms with Crippen LogP contribution in [-0.4, -0.2) is 31.1 Å². The Balaban J connectivity index is 1.53. The lowest BCUT2D eigenvalue weighted by atomic mass is 9.98. The van der Waals surface area contributed by atoms with Crippen molar-refractivity contribution in [3.05, 3.63) is 73.1 Å². The number of imidazole rings is 1. The molecule has 154 valence electrons. The number of aromatic amines is 2. The summed E-state index contributed by atoms with van der Waals surface area (Å²) in [5, 5.41) is 13.4. The van der Waals surface area contributed by atoms with Crippen molar-refractivity contribution in [3.8, 4) is 22.6 Å². The lowest BCUT2D eigenvalue weighted by Crippen LogP contribution is -2.06. The minimum atomic E-state index is -0.113. The number of aromatic nitrogens is 5. The quantitative estimate of drug-likeness (QED) is 0.364. The van der Waals surface area contributed by atoms with Gasteiger partial charge >= 0.3 is 0 Å². The highest BCUT2D eigenvalue weighted by Gasteiger charge is 2.15. The third-order valence-electron chi connectivity index (χ3n) is 5.60. The van der Waals surface area contributed by atoms with Gasteiger partial charge in [-0.05, 0) is 41.3 Å².